The molecule has 0 bridgehead atoms. The second kappa shape index (κ2) is 7.98. The molecule has 0 saturated carbocycles. The number of benzene rings is 3. The summed E-state index contributed by atoms with van der Waals surface area (Å²) in [5, 5.41) is 9.74. The SMILES string of the molecule is O=C(NNC(=O)C(c1ccccc1)c1ccccc1)c1ccccc1O. The van der Waals surface area contributed by atoms with Gasteiger partial charge >= 0.3 is 0 Å². The van der Waals surface area contributed by atoms with Gasteiger partial charge in [0.1, 0.15) is 5.75 Å². The van der Waals surface area contributed by atoms with Crippen LogP contribution >= 0.6 is 0 Å². The van der Waals surface area contributed by atoms with E-state index in [4.69, 9.17) is 0 Å². The van der Waals surface area contributed by atoms with Gasteiger partial charge in [-0.1, -0.05) is 72.8 Å². The lowest BCUT2D eigenvalue weighted by molar-refractivity contribution is -0.122. The number of phenols is 1. The molecule has 0 spiro atoms. The second-order valence-electron chi connectivity index (χ2n) is 5.71. The molecule has 5 nitrogen and oxygen atoms in total. The number of amides is 2. The summed E-state index contributed by atoms with van der Waals surface area (Å²) < 4.78 is 0. The molecule has 5 heteroatoms. The highest BCUT2D eigenvalue weighted by Crippen LogP contribution is 2.24. The van der Waals surface area contributed by atoms with Crippen molar-refractivity contribution in [1.29, 1.82) is 0 Å². The first-order chi connectivity index (χ1) is 12.7. The van der Waals surface area contributed by atoms with Gasteiger partial charge in [-0.05, 0) is 23.3 Å². The van der Waals surface area contributed by atoms with Gasteiger partial charge in [-0.2, -0.15) is 0 Å². The van der Waals surface area contributed by atoms with Gasteiger partial charge in [0.2, 0.25) is 5.91 Å². The largest absolute Gasteiger partial charge is 0.507 e. The monoisotopic (exact) mass is 346 g/mol. The maximum atomic E-state index is 12.8. The molecule has 2 amide bonds. The number of hydrogen-bond acceptors (Lipinski definition) is 3. The van der Waals surface area contributed by atoms with E-state index in [2.05, 4.69) is 10.9 Å². The zero-order valence-electron chi connectivity index (χ0n) is 13.9. The Labute approximate surface area is 151 Å². The van der Waals surface area contributed by atoms with Crippen LogP contribution in [0.2, 0.25) is 0 Å². The van der Waals surface area contributed by atoms with Crippen LogP contribution in [-0.4, -0.2) is 16.9 Å². The van der Waals surface area contributed by atoms with E-state index < -0.39 is 11.8 Å². The highest BCUT2D eigenvalue weighted by Gasteiger charge is 2.23. The first kappa shape index (κ1) is 17.2. The van der Waals surface area contributed by atoms with Crippen molar-refractivity contribution < 1.29 is 14.7 Å². The van der Waals surface area contributed by atoms with Crippen LogP contribution in [0.3, 0.4) is 0 Å². The van der Waals surface area contributed by atoms with Gasteiger partial charge in [0.25, 0.3) is 5.91 Å². The average Bonchev–Trinajstić information content (AvgIpc) is 2.68. The fraction of sp³-hybridized carbons (Fsp3) is 0.0476. The van der Waals surface area contributed by atoms with Crippen molar-refractivity contribution in [2.24, 2.45) is 0 Å². The molecule has 0 heterocycles. The summed E-state index contributed by atoms with van der Waals surface area (Å²) in [6.45, 7) is 0. The molecule has 0 unspecified atom stereocenters. The Balaban J connectivity index is 1.78. The molecule has 0 atom stereocenters. The van der Waals surface area contributed by atoms with Gasteiger partial charge in [-0.25, -0.2) is 0 Å². The summed E-state index contributed by atoms with van der Waals surface area (Å²) in [7, 11) is 0. The Morgan fingerprint density at radius 1 is 0.692 bits per heavy atom. The summed E-state index contributed by atoms with van der Waals surface area (Å²) in [5.41, 5.74) is 6.53. The highest BCUT2D eigenvalue weighted by molar-refractivity contribution is 5.98. The smallest absolute Gasteiger partial charge is 0.273 e. The van der Waals surface area contributed by atoms with Crippen molar-refractivity contribution in [3.05, 3.63) is 102 Å². The Hall–Kier alpha value is -3.60. The number of para-hydroxylation sites is 1. The second-order valence-corrected chi connectivity index (χ2v) is 5.71. The van der Waals surface area contributed by atoms with E-state index in [-0.39, 0.29) is 17.2 Å². The van der Waals surface area contributed by atoms with E-state index in [1.807, 2.05) is 60.7 Å². The molecule has 130 valence electrons. The van der Waals surface area contributed by atoms with Crippen molar-refractivity contribution in [3.8, 4) is 5.75 Å². The summed E-state index contributed by atoms with van der Waals surface area (Å²) in [6, 6.07) is 24.8. The third-order valence-corrected chi connectivity index (χ3v) is 3.98. The molecule has 3 rings (SSSR count). The summed E-state index contributed by atoms with van der Waals surface area (Å²) in [6.07, 6.45) is 0. The molecule has 0 radical (unpaired) electrons. The Morgan fingerprint density at radius 2 is 1.19 bits per heavy atom. The van der Waals surface area contributed by atoms with Crippen LogP contribution in [0.4, 0.5) is 0 Å². The minimum atomic E-state index is -0.587. The van der Waals surface area contributed by atoms with E-state index >= 15 is 0 Å². The third-order valence-electron chi connectivity index (χ3n) is 3.98. The number of rotatable bonds is 4. The predicted octanol–water partition coefficient (Wildman–Crippen LogP) is 2.99. The number of aromatic hydroxyl groups is 1. The lowest BCUT2D eigenvalue weighted by Crippen LogP contribution is -2.44. The van der Waals surface area contributed by atoms with E-state index in [9.17, 15) is 14.7 Å². The van der Waals surface area contributed by atoms with Crippen molar-refractivity contribution in [1.82, 2.24) is 10.9 Å². The molecule has 0 saturated heterocycles. The van der Waals surface area contributed by atoms with Crippen LogP contribution in [0.15, 0.2) is 84.9 Å². The molecule has 0 aliphatic heterocycles. The van der Waals surface area contributed by atoms with Crippen LogP contribution in [0.1, 0.15) is 27.4 Å². The molecule has 3 aromatic rings. The van der Waals surface area contributed by atoms with Crippen LogP contribution in [0, 0.1) is 0 Å². The summed E-state index contributed by atoms with van der Waals surface area (Å²) in [5.74, 6) is -1.67. The number of phenolic OH excluding ortho intramolecular Hbond substituents is 1. The van der Waals surface area contributed by atoms with Gasteiger partial charge in [0.15, 0.2) is 0 Å². The van der Waals surface area contributed by atoms with Crippen LogP contribution in [-0.2, 0) is 4.79 Å². The van der Waals surface area contributed by atoms with E-state index in [0.717, 1.165) is 11.1 Å². The van der Waals surface area contributed by atoms with Crippen LogP contribution in [0.5, 0.6) is 5.75 Å². The minimum absolute atomic E-state index is 0.0868. The van der Waals surface area contributed by atoms with Crippen molar-refractivity contribution >= 4 is 11.8 Å². The third kappa shape index (κ3) is 3.89. The molecule has 0 aromatic heterocycles. The minimum Gasteiger partial charge on any atom is -0.507 e. The number of carbonyl (C=O) groups is 2. The van der Waals surface area contributed by atoms with Gasteiger partial charge in [-0.15, -0.1) is 0 Å². The first-order valence-electron chi connectivity index (χ1n) is 8.15. The molecule has 3 aromatic carbocycles. The summed E-state index contributed by atoms with van der Waals surface area (Å²) in [4.78, 5) is 25.0. The predicted molar refractivity (Wildman–Crippen MR) is 98.4 cm³/mol. The van der Waals surface area contributed by atoms with E-state index in [1.165, 1.54) is 12.1 Å². The zero-order chi connectivity index (χ0) is 18.4. The van der Waals surface area contributed by atoms with Gasteiger partial charge in [0.05, 0.1) is 11.5 Å². The summed E-state index contributed by atoms with van der Waals surface area (Å²) >= 11 is 0. The van der Waals surface area contributed by atoms with Gasteiger partial charge in [0, 0.05) is 0 Å². The standard InChI is InChI=1S/C21H18N2O3/c24-18-14-8-7-13-17(18)20(25)22-23-21(26)19(15-9-3-1-4-10-15)16-11-5-2-6-12-16/h1-14,19,24H,(H,22,25)(H,23,26). The van der Waals surface area contributed by atoms with Gasteiger partial charge in [-0.3, -0.25) is 20.4 Å². The highest BCUT2D eigenvalue weighted by atomic mass is 16.3. The Kier molecular flexibility index (Phi) is 5.29. The maximum absolute atomic E-state index is 12.8. The first-order valence-corrected chi connectivity index (χ1v) is 8.15. The number of nitrogens with one attached hydrogen (secondary N) is 2. The number of hydrogen-bond donors (Lipinski definition) is 3. The molecular formula is C21H18N2O3. The lowest BCUT2D eigenvalue weighted by atomic mass is 9.91. The van der Waals surface area contributed by atoms with Crippen molar-refractivity contribution in [3.63, 3.8) is 0 Å². The normalized spacial score (nSPS) is 10.3. The molecule has 0 fully saturated rings. The Bertz CT molecular complexity index is 856. The fourth-order valence-corrected chi connectivity index (χ4v) is 2.71. The molecule has 26 heavy (non-hydrogen) atoms. The average molecular weight is 346 g/mol. The number of carbonyl (C=O) groups excluding carboxylic acids is 2. The topological polar surface area (TPSA) is 78.4 Å². The molecule has 0 aliphatic carbocycles. The number of hydrazine groups is 1. The van der Waals surface area contributed by atoms with Gasteiger partial charge < -0.3 is 5.11 Å². The van der Waals surface area contributed by atoms with Crippen molar-refractivity contribution in [2.75, 3.05) is 0 Å². The zero-order valence-corrected chi connectivity index (χ0v) is 13.9. The van der Waals surface area contributed by atoms with E-state index in [1.54, 1.807) is 12.1 Å². The van der Waals surface area contributed by atoms with E-state index in [0.29, 0.717) is 0 Å². The molecular weight excluding hydrogens is 328 g/mol. The maximum Gasteiger partial charge on any atom is 0.273 e. The van der Waals surface area contributed by atoms with Crippen molar-refractivity contribution in [2.45, 2.75) is 5.92 Å². The van der Waals surface area contributed by atoms with Crippen LogP contribution < -0.4 is 10.9 Å². The quantitative estimate of drug-likeness (QED) is 0.636. The molecule has 0 aliphatic rings. The molecule has 3 N–H and O–H groups in total. The fourth-order valence-electron chi connectivity index (χ4n) is 2.71. The van der Waals surface area contributed by atoms with Crippen LogP contribution in [0.25, 0.3) is 0 Å². The lowest BCUT2D eigenvalue weighted by Gasteiger charge is -2.18. The Morgan fingerprint density at radius 3 is 1.73 bits per heavy atom.